The van der Waals surface area contributed by atoms with Crippen molar-refractivity contribution in [3.63, 3.8) is 0 Å². The van der Waals surface area contributed by atoms with Gasteiger partial charge in [-0.1, -0.05) is 18.2 Å². The Labute approximate surface area is 172 Å². The summed E-state index contributed by atoms with van der Waals surface area (Å²) in [6, 6.07) is 10.3. The van der Waals surface area contributed by atoms with Gasteiger partial charge in [0.05, 0.1) is 13.2 Å². The van der Waals surface area contributed by atoms with E-state index >= 15 is 0 Å². The summed E-state index contributed by atoms with van der Waals surface area (Å²) < 4.78 is 16.8. The fourth-order valence-corrected chi connectivity index (χ4v) is 3.68. The van der Waals surface area contributed by atoms with Gasteiger partial charge in [-0.2, -0.15) is 0 Å². The Balaban J connectivity index is 1.60. The van der Waals surface area contributed by atoms with Crippen molar-refractivity contribution in [2.75, 3.05) is 50.8 Å². The summed E-state index contributed by atoms with van der Waals surface area (Å²) in [6.45, 7) is 10.3. The van der Waals surface area contributed by atoms with Gasteiger partial charge in [0.2, 0.25) is 0 Å². The summed E-state index contributed by atoms with van der Waals surface area (Å²) in [7, 11) is 0. The van der Waals surface area contributed by atoms with Crippen molar-refractivity contribution in [3.05, 3.63) is 30.3 Å². The lowest BCUT2D eigenvalue weighted by atomic mass is 10.2. The molecular formula is C21H31N3O5. The molecule has 0 bridgehead atoms. The molecule has 2 fully saturated rings. The third-order valence-electron chi connectivity index (χ3n) is 5.05. The zero-order valence-corrected chi connectivity index (χ0v) is 17.5. The molecule has 8 heteroatoms. The maximum Gasteiger partial charge on any atom is 0.410 e. The van der Waals surface area contributed by atoms with Crippen LogP contribution in [0.25, 0.3) is 0 Å². The second-order valence-electron chi connectivity index (χ2n) is 8.32. The molecule has 29 heavy (non-hydrogen) atoms. The van der Waals surface area contributed by atoms with Gasteiger partial charge in [0.1, 0.15) is 11.7 Å². The minimum absolute atomic E-state index is 0.326. The molecule has 2 heterocycles. The average molecular weight is 405 g/mol. The van der Waals surface area contributed by atoms with Gasteiger partial charge in [0.15, 0.2) is 6.23 Å². The summed E-state index contributed by atoms with van der Waals surface area (Å²) >= 11 is 0. The van der Waals surface area contributed by atoms with Crippen molar-refractivity contribution >= 4 is 18.3 Å². The Bertz CT molecular complexity index is 671. The molecule has 0 aliphatic carbocycles. The number of rotatable bonds is 5. The van der Waals surface area contributed by atoms with E-state index < -0.39 is 17.9 Å². The van der Waals surface area contributed by atoms with Gasteiger partial charge in [-0.25, -0.2) is 4.79 Å². The van der Waals surface area contributed by atoms with Crippen molar-refractivity contribution < 1.29 is 23.8 Å². The first-order chi connectivity index (χ1) is 13.9. The van der Waals surface area contributed by atoms with Crippen LogP contribution in [0.5, 0.6) is 0 Å². The Morgan fingerprint density at radius 3 is 2.45 bits per heavy atom. The largest absolute Gasteiger partial charge is 0.446 e. The lowest BCUT2D eigenvalue weighted by Crippen LogP contribution is -2.59. The van der Waals surface area contributed by atoms with Crippen LogP contribution in [0.1, 0.15) is 20.8 Å². The van der Waals surface area contributed by atoms with Crippen molar-refractivity contribution in [2.45, 2.75) is 38.7 Å². The molecule has 0 N–H and O–H groups in total. The van der Waals surface area contributed by atoms with E-state index in [-0.39, 0.29) is 6.09 Å². The van der Waals surface area contributed by atoms with Crippen LogP contribution in [-0.4, -0.2) is 86.2 Å². The molecule has 2 aliphatic heterocycles. The van der Waals surface area contributed by atoms with Crippen molar-refractivity contribution in [2.24, 2.45) is 0 Å². The molecule has 1 aromatic carbocycles. The van der Waals surface area contributed by atoms with Crippen LogP contribution in [0, 0.1) is 0 Å². The lowest BCUT2D eigenvalue weighted by molar-refractivity contribution is -0.174. The van der Waals surface area contributed by atoms with E-state index in [4.69, 9.17) is 14.2 Å². The predicted molar refractivity (Wildman–Crippen MR) is 109 cm³/mol. The molecule has 8 nitrogen and oxygen atoms in total. The molecule has 2 saturated heterocycles. The van der Waals surface area contributed by atoms with E-state index in [1.807, 2.05) is 39.0 Å². The molecule has 1 amide bonds. The minimum Gasteiger partial charge on any atom is -0.446 e. The van der Waals surface area contributed by atoms with Gasteiger partial charge < -0.3 is 24.0 Å². The smallest absolute Gasteiger partial charge is 0.410 e. The number of piperazine rings is 1. The molecule has 0 aromatic heterocycles. The first-order valence-corrected chi connectivity index (χ1v) is 10.1. The average Bonchev–Trinajstić information content (AvgIpc) is 2.72. The lowest BCUT2D eigenvalue weighted by Gasteiger charge is -2.43. The summed E-state index contributed by atoms with van der Waals surface area (Å²) in [5.74, 6) is 0. The predicted octanol–water partition coefficient (Wildman–Crippen LogP) is 1.94. The third-order valence-corrected chi connectivity index (χ3v) is 5.05. The maximum absolute atomic E-state index is 12.4. The van der Waals surface area contributed by atoms with Gasteiger partial charge in [-0.15, -0.1) is 0 Å². The number of amides is 1. The summed E-state index contributed by atoms with van der Waals surface area (Å²) in [4.78, 5) is 29.6. The van der Waals surface area contributed by atoms with E-state index in [0.717, 1.165) is 26.2 Å². The Morgan fingerprint density at radius 2 is 1.83 bits per heavy atom. The van der Waals surface area contributed by atoms with Crippen LogP contribution in [0.4, 0.5) is 10.5 Å². The summed E-state index contributed by atoms with van der Waals surface area (Å²) in [5, 5.41) is 0. The van der Waals surface area contributed by atoms with Crippen LogP contribution in [0.15, 0.2) is 30.3 Å². The van der Waals surface area contributed by atoms with Crippen LogP contribution < -0.4 is 4.90 Å². The zero-order chi connectivity index (χ0) is 20.9. The van der Waals surface area contributed by atoms with Gasteiger partial charge in [0, 0.05) is 38.4 Å². The molecule has 1 aromatic rings. The highest BCUT2D eigenvalue weighted by atomic mass is 16.6. The molecule has 0 saturated carbocycles. The number of morpholine rings is 1. The topological polar surface area (TPSA) is 71.5 Å². The highest BCUT2D eigenvalue weighted by Crippen LogP contribution is 2.21. The fraction of sp³-hybridized carbons (Fsp3) is 0.619. The number of hydrogen-bond acceptors (Lipinski definition) is 7. The zero-order valence-electron chi connectivity index (χ0n) is 17.5. The van der Waals surface area contributed by atoms with Crippen LogP contribution in [0.3, 0.4) is 0 Å². The van der Waals surface area contributed by atoms with E-state index in [9.17, 15) is 9.59 Å². The molecule has 0 radical (unpaired) electrons. The number of anilines is 1. The molecule has 160 valence electrons. The fourth-order valence-electron chi connectivity index (χ4n) is 3.68. The normalized spacial score (nSPS) is 22.1. The second-order valence-corrected chi connectivity index (χ2v) is 8.32. The highest BCUT2D eigenvalue weighted by molar-refractivity contribution is 5.68. The van der Waals surface area contributed by atoms with Crippen molar-refractivity contribution in [3.8, 4) is 0 Å². The Morgan fingerprint density at radius 1 is 1.14 bits per heavy atom. The Kier molecular flexibility index (Phi) is 6.97. The molecule has 3 rings (SSSR count). The molecule has 2 unspecified atom stereocenters. The van der Waals surface area contributed by atoms with Crippen LogP contribution in [0.2, 0.25) is 0 Å². The molecule has 0 spiro atoms. The monoisotopic (exact) mass is 405 g/mol. The summed E-state index contributed by atoms with van der Waals surface area (Å²) in [5.41, 5.74) is 0.627. The minimum atomic E-state index is -0.558. The number of carbonyl (C=O) groups is 2. The number of nitrogens with zero attached hydrogens (tertiary/aromatic N) is 3. The van der Waals surface area contributed by atoms with E-state index in [1.54, 1.807) is 4.90 Å². The SMILES string of the molecule is CC(C)(C)OC(=O)N1CCOC(C(OC=O)N2CCN(c3ccccc3)CC2)C1. The van der Waals surface area contributed by atoms with Crippen LogP contribution in [-0.2, 0) is 19.0 Å². The quantitative estimate of drug-likeness (QED) is 0.694. The number of carbonyl (C=O) groups excluding carboxylic acids is 2. The highest BCUT2D eigenvalue weighted by Gasteiger charge is 2.37. The van der Waals surface area contributed by atoms with E-state index in [2.05, 4.69) is 21.9 Å². The first kappa shape index (κ1) is 21.4. The Hall–Kier alpha value is -2.32. The second kappa shape index (κ2) is 9.45. The third kappa shape index (κ3) is 5.83. The number of para-hydroxylation sites is 1. The van der Waals surface area contributed by atoms with E-state index in [0.29, 0.717) is 26.2 Å². The number of benzene rings is 1. The van der Waals surface area contributed by atoms with Crippen LogP contribution >= 0.6 is 0 Å². The standard InChI is InChI=1S/C21H31N3O5/c1-21(2,3)29-20(26)24-13-14-27-18(15-24)19(28-16-25)23-11-9-22(10-12-23)17-7-5-4-6-8-17/h4-8,16,18-19H,9-15H2,1-3H3. The molecule has 2 aliphatic rings. The first-order valence-electron chi connectivity index (χ1n) is 10.1. The number of hydrogen-bond donors (Lipinski definition) is 0. The van der Waals surface area contributed by atoms with Gasteiger partial charge in [0.25, 0.3) is 6.47 Å². The number of ether oxygens (including phenoxy) is 3. The molecule has 2 atom stereocenters. The van der Waals surface area contributed by atoms with Gasteiger partial charge in [-0.05, 0) is 32.9 Å². The summed E-state index contributed by atoms with van der Waals surface area (Å²) in [6.07, 6.45) is -1.31. The van der Waals surface area contributed by atoms with Crippen molar-refractivity contribution in [1.29, 1.82) is 0 Å². The molecular weight excluding hydrogens is 374 g/mol. The van der Waals surface area contributed by atoms with Gasteiger partial charge >= 0.3 is 6.09 Å². The van der Waals surface area contributed by atoms with Crippen molar-refractivity contribution in [1.82, 2.24) is 9.80 Å². The maximum atomic E-state index is 12.4. The van der Waals surface area contributed by atoms with E-state index in [1.165, 1.54) is 5.69 Å². The van der Waals surface area contributed by atoms with Gasteiger partial charge in [-0.3, -0.25) is 9.69 Å².